The average Bonchev–Trinajstić information content (AvgIpc) is 3.69. The number of nitrogens with one attached hydrogen (secondary N) is 1. The summed E-state index contributed by atoms with van der Waals surface area (Å²) in [4.78, 5) is 12.6. The minimum absolute atomic E-state index is 0.0463. The maximum atomic E-state index is 13.9. The van der Waals surface area contributed by atoms with Gasteiger partial charge in [0.1, 0.15) is 16.4 Å². The predicted molar refractivity (Wildman–Crippen MR) is 152 cm³/mol. The highest BCUT2D eigenvalue weighted by Crippen LogP contribution is 2.39. The molecule has 0 saturated heterocycles. The van der Waals surface area contributed by atoms with E-state index in [0.29, 0.717) is 44.8 Å². The van der Waals surface area contributed by atoms with Gasteiger partial charge >= 0.3 is 0 Å². The number of amides is 1. The van der Waals surface area contributed by atoms with Gasteiger partial charge in [0, 0.05) is 35.3 Å². The van der Waals surface area contributed by atoms with Crippen molar-refractivity contribution >= 4 is 27.5 Å². The van der Waals surface area contributed by atoms with E-state index in [1.807, 2.05) is 6.07 Å². The van der Waals surface area contributed by atoms with E-state index >= 15 is 0 Å². The molecule has 0 radical (unpaired) electrons. The van der Waals surface area contributed by atoms with Gasteiger partial charge in [-0.05, 0) is 54.3 Å². The van der Waals surface area contributed by atoms with Crippen molar-refractivity contribution in [2.24, 2.45) is 5.73 Å². The summed E-state index contributed by atoms with van der Waals surface area (Å²) in [7, 11) is -1.09. The normalized spacial score (nSPS) is 14.1. The zero-order chi connectivity index (χ0) is 28.4. The number of nitrogens with zero attached hydrogens (tertiary/aromatic N) is 2. The zero-order valence-corrected chi connectivity index (χ0v) is 23.6. The summed E-state index contributed by atoms with van der Waals surface area (Å²) in [6, 6.07) is 18.6. The van der Waals surface area contributed by atoms with Crippen LogP contribution in [0, 0.1) is 0 Å². The van der Waals surface area contributed by atoms with Crippen LogP contribution >= 0.6 is 11.6 Å². The molecule has 40 heavy (non-hydrogen) atoms. The fraction of sp³-hybridized carbons (Fsp3) is 0.241. The molecule has 5 rings (SSSR count). The molecule has 0 bridgehead atoms. The van der Waals surface area contributed by atoms with Crippen molar-refractivity contribution < 1.29 is 22.7 Å². The van der Waals surface area contributed by atoms with Gasteiger partial charge in [-0.15, -0.1) is 0 Å². The number of rotatable bonds is 11. The summed E-state index contributed by atoms with van der Waals surface area (Å²) in [6.07, 6.45) is 3.86. The van der Waals surface area contributed by atoms with Crippen LogP contribution in [-0.4, -0.2) is 38.3 Å². The van der Waals surface area contributed by atoms with Crippen LogP contribution in [0.1, 0.15) is 47.1 Å². The number of ether oxygens (including phenoxy) is 2. The van der Waals surface area contributed by atoms with Gasteiger partial charge in [-0.1, -0.05) is 41.9 Å². The molecule has 1 unspecified atom stereocenters. The molecular weight excluding hydrogens is 552 g/mol. The van der Waals surface area contributed by atoms with Gasteiger partial charge in [0.25, 0.3) is 0 Å². The highest BCUT2D eigenvalue weighted by Gasteiger charge is 2.29. The Morgan fingerprint density at radius 2 is 1.88 bits per heavy atom. The maximum absolute atomic E-state index is 13.9. The van der Waals surface area contributed by atoms with Gasteiger partial charge in [0.05, 0.1) is 31.5 Å². The quantitative estimate of drug-likeness (QED) is 0.269. The first-order chi connectivity index (χ1) is 19.2. The Kier molecular flexibility index (Phi) is 7.84. The molecule has 1 atom stereocenters. The summed E-state index contributed by atoms with van der Waals surface area (Å²) in [5.74, 6) is -0.167. The van der Waals surface area contributed by atoms with Gasteiger partial charge in [-0.3, -0.25) is 4.79 Å². The van der Waals surface area contributed by atoms with Crippen LogP contribution in [0.3, 0.4) is 0 Å². The number of benzene rings is 3. The monoisotopic (exact) mass is 580 g/mol. The number of methoxy groups -OCH3 is 2. The van der Waals surface area contributed by atoms with Crippen LogP contribution in [0.15, 0.2) is 77.8 Å². The van der Waals surface area contributed by atoms with Crippen molar-refractivity contribution in [3.63, 3.8) is 0 Å². The first-order valence-electron chi connectivity index (χ1n) is 12.7. The van der Waals surface area contributed by atoms with E-state index in [1.165, 1.54) is 20.3 Å². The molecule has 11 heteroatoms. The lowest BCUT2D eigenvalue weighted by Gasteiger charge is -2.19. The number of nitrogens with two attached hydrogens (primary N) is 1. The van der Waals surface area contributed by atoms with Crippen molar-refractivity contribution in [2.45, 2.75) is 36.1 Å². The Labute approximate surface area is 237 Å². The van der Waals surface area contributed by atoms with Crippen molar-refractivity contribution in [2.75, 3.05) is 14.2 Å². The van der Waals surface area contributed by atoms with Crippen LogP contribution < -0.4 is 19.9 Å². The molecule has 1 aromatic heterocycles. The third kappa shape index (κ3) is 5.70. The van der Waals surface area contributed by atoms with E-state index < -0.39 is 21.8 Å². The van der Waals surface area contributed by atoms with Crippen LogP contribution in [0.5, 0.6) is 11.5 Å². The Bertz CT molecular complexity index is 1670. The third-order valence-corrected chi connectivity index (χ3v) is 8.68. The summed E-state index contributed by atoms with van der Waals surface area (Å²) in [6.45, 7) is -0.0463. The molecule has 1 aliphatic rings. The van der Waals surface area contributed by atoms with Gasteiger partial charge in [0.2, 0.25) is 15.9 Å². The minimum atomic E-state index is -4.13. The molecule has 1 saturated carbocycles. The number of aromatic nitrogens is 2. The SMILES string of the molecule is COc1ccc(CNS(=O)(=O)c2cc(C(C(N)=O)c3ccccc3Cl)ccc2-n2ccc(C3CC3)n2)c(OC)c1. The van der Waals surface area contributed by atoms with E-state index in [-0.39, 0.29) is 11.4 Å². The van der Waals surface area contributed by atoms with Crippen LogP contribution in [0.4, 0.5) is 0 Å². The number of halogens is 1. The molecule has 4 aromatic rings. The Morgan fingerprint density at radius 3 is 2.55 bits per heavy atom. The second-order valence-corrected chi connectivity index (χ2v) is 11.7. The highest BCUT2D eigenvalue weighted by molar-refractivity contribution is 7.89. The first-order valence-corrected chi connectivity index (χ1v) is 14.5. The topological polar surface area (TPSA) is 126 Å². The largest absolute Gasteiger partial charge is 0.497 e. The molecule has 1 aliphatic carbocycles. The van der Waals surface area contributed by atoms with E-state index in [1.54, 1.807) is 65.5 Å². The van der Waals surface area contributed by atoms with Crippen molar-refractivity contribution in [1.29, 1.82) is 0 Å². The van der Waals surface area contributed by atoms with E-state index in [4.69, 9.17) is 26.8 Å². The fourth-order valence-electron chi connectivity index (χ4n) is 4.64. The summed E-state index contributed by atoms with van der Waals surface area (Å²) in [5, 5.41) is 4.99. The smallest absolute Gasteiger partial charge is 0.243 e. The van der Waals surface area contributed by atoms with E-state index in [2.05, 4.69) is 9.82 Å². The van der Waals surface area contributed by atoms with Crippen LogP contribution in [0.2, 0.25) is 5.02 Å². The van der Waals surface area contributed by atoms with Crippen LogP contribution in [0.25, 0.3) is 5.69 Å². The molecule has 9 nitrogen and oxygen atoms in total. The standard InChI is InChI=1S/C29H29ClN4O5S/c1-38-21-11-9-20(26(16-21)39-2)17-32-40(36,37)27-15-19(28(29(31)35)22-5-3-4-6-23(22)30)10-12-25(27)34-14-13-24(33-34)18-7-8-18/h3-6,9-16,18,28,32H,7-8,17H2,1-2H3,(H2,31,35). The number of carbonyl (C=O) groups excluding carboxylic acids is 1. The van der Waals surface area contributed by atoms with E-state index in [0.717, 1.165) is 18.5 Å². The van der Waals surface area contributed by atoms with Gasteiger partial charge in [0.15, 0.2) is 0 Å². The molecule has 3 aromatic carbocycles. The fourth-order valence-corrected chi connectivity index (χ4v) is 6.11. The first kappa shape index (κ1) is 27.7. The highest BCUT2D eigenvalue weighted by atomic mass is 35.5. The Morgan fingerprint density at radius 1 is 1.10 bits per heavy atom. The molecule has 1 heterocycles. The lowest BCUT2D eigenvalue weighted by Crippen LogP contribution is -2.26. The van der Waals surface area contributed by atoms with Crippen molar-refractivity contribution in [3.8, 4) is 17.2 Å². The van der Waals surface area contributed by atoms with E-state index in [9.17, 15) is 13.2 Å². The van der Waals surface area contributed by atoms with Gasteiger partial charge < -0.3 is 15.2 Å². The molecule has 208 valence electrons. The molecule has 1 amide bonds. The third-order valence-electron chi connectivity index (χ3n) is 6.91. The molecule has 1 fully saturated rings. The molecule has 0 spiro atoms. The second kappa shape index (κ2) is 11.3. The molecule has 0 aliphatic heterocycles. The number of hydrogen-bond acceptors (Lipinski definition) is 6. The Hall–Kier alpha value is -3.86. The van der Waals surface area contributed by atoms with Crippen molar-refractivity contribution in [1.82, 2.24) is 14.5 Å². The molecule has 3 N–H and O–H groups in total. The minimum Gasteiger partial charge on any atom is -0.497 e. The summed E-state index contributed by atoms with van der Waals surface area (Å²) < 4.78 is 42.6. The summed E-state index contributed by atoms with van der Waals surface area (Å²) in [5.41, 5.74) is 8.55. The van der Waals surface area contributed by atoms with Crippen molar-refractivity contribution in [3.05, 3.63) is 100 Å². The number of sulfonamides is 1. The van der Waals surface area contributed by atoms with Gasteiger partial charge in [-0.2, -0.15) is 5.10 Å². The number of primary amides is 1. The summed E-state index contributed by atoms with van der Waals surface area (Å²) >= 11 is 6.40. The maximum Gasteiger partial charge on any atom is 0.243 e. The predicted octanol–water partition coefficient (Wildman–Crippen LogP) is 4.52. The van der Waals surface area contributed by atoms with Gasteiger partial charge in [-0.25, -0.2) is 17.8 Å². The lowest BCUT2D eigenvalue weighted by atomic mass is 9.90. The lowest BCUT2D eigenvalue weighted by molar-refractivity contribution is -0.118. The average molecular weight is 581 g/mol. The number of hydrogen-bond donors (Lipinski definition) is 2. The van der Waals surface area contributed by atoms with Crippen LogP contribution in [-0.2, 0) is 21.4 Å². The zero-order valence-electron chi connectivity index (χ0n) is 22.0. The molecular formula is C29H29ClN4O5S. The second-order valence-electron chi connectivity index (χ2n) is 9.55. The Balaban J connectivity index is 1.57. The number of carbonyl (C=O) groups is 1.